The van der Waals surface area contributed by atoms with Crippen LogP contribution in [0.5, 0.6) is 5.75 Å². The van der Waals surface area contributed by atoms with E-state index in [0.717, 1.165) is 12.0 Å². The zero-order valence-electron chi connectivity index (χ0n) is 14.2. The molecule has 1 aliphatic rings. The van der Waals surface area contributed by atoms with Gasteiger partial charge in [-0.05, 0) is 25.5 Å². The van der Waals surface area contributed by atoms with Crippen LogP contribution in [0.3, 0.4) is 0 Å². The van der Waals surface area contributed by atoms with Gasteiger partial charge >= 0.3 is 5.24 Å². The second-order valence-electron chi connectivity index (χ2n) is 5.83. The highest BCUT2D eigenvalue weighted by molar-refractivity contribution is 7.79. The molecule has 5 atom stereocenters. The summed E-state index contributed by atoms with van der Waals surface area (Å²) >= 11 is 5.07. The van der Waals surface area contributed by atoms with Gasteiger partial charge in [0.05, 0.1) is 6.61 Å². The third-order valence-electron chi connectivity index (χ3n) is 3.77. The average molecular weight is 372 g/mol. The molecule has 0 radical (unpaired) electrons. The van der Waals surface area contributed by atoms with Crippen LogP contribution in [0.15, 0.2) is 24.3 Å². The number of hydrogen-bond donors (Lipinski definition) is 3. The molecule has 0 aliphatic carbocycles. The van der Waals surface area contributed by atoms with Crippen molar-refractivity contribution in [3.05, 3.63) is 29.8 Å². The van der Waals surface area contributed by atoms with Crippen molar-refractivity contribution in [2.75, 3.05) is 13.2 Å². The molecular weight excluding hydrogens is 348 g/mol. The lowest BCUT2D eigenvalue weighted by molar-refractivity contribution is -0.298. The summed E-state index contributed by atoms with van der Waals surface area (Å²) in [5.74, 6) is 0.488. The van der Waals surface area contributed by atoms with E-state index in [9.17, 15) is 15.3 Å². The van der Waals surface area contributed by atoms with Crippen molar-refractivity contribution in [1.82, 2.24) is 0 Å². The molecule has 0 bridgehead atoms. The second kappa shape index (κ2) is 9.42. The normalized spacial score (nSPS) is 29.2. The van der Waals surface area contributed by atoms with Crippen molar-refractivity contribution >= 4 is 17.5 Å². The summed E-state index contributed by atoms with van der Waals surface area (Å²) in [4.78, 5) is 0. The smallest absolute Gasteiger partial charge is 0.358 e. The van der Waals surface area contributed by atoms with Crippen molar-refractivity contribution in [2.45, 2.75) is 51.0 Å². The first-order chi connectivity index (χ1) is 12.0. The van der Waals surface area contributed by atoms with E-state index in [0.29, 0.717) is 12.4 Å². The van der Waals surface area contributed by atoms with E-state index >= 15 is 0 Å². The van der Waals surface area contributed by atoms with Gasteiger partial charge < -0.3 is 34.3 Å². The Kier molecular flexibility index (Phi) is 7.55. The largest absolute Gasteiger partial charge is 0.445 e. The molecule has 3 N–H and O–H groups in total. The summed E-state index contributed by atoms with van der Waals surface area (Å²) in [5.41, 5.74) is 1.07. The van der Waals surface area contributed by atoms with E-state index in [2.05, 4.69) is 0 Å². The Morgan fingerprint density at radius 3 is 2.48 bits per heavy atom. The molecule has 1 aromatic rings. The Labute approximate surface area is 152 Å². The van der Waals surface area contributed by atoms with Crippen LogP contribution in [0.25, 0.3) is 0 Å². The minimum absolute atomic E-state index is 0.226. The first-order valence-corrected chi connectivity index (χ1v) is 8.56. The molecule has 1 saturated heterocycles. The number of aliphatic hydroxyl groups excluding tert-OH is 3. The molecule has 0 spiro atoms. The van der Waals surface area contributed by atoms with Gasteiger partial charge in [-0.25, -0.2) is 0 Å². The number of aliphatic hydroxyl groups is 3. The third-order valence-corrected chi connectivity index (χ3v) is 3.94. The van der Waals surface area contributed by atoms with E-state index < -0.39 is 37.3 Å². The Morgan fingerprint density at radius 1 is 1.20 bits per heavy atom. The second-order valence-corrected chi connectivity index (χ2v) is 6.16. The molecule has 0 saturated carbocycles. The lowest BCUT2D eigenvalue weighted by Gasteiger charge is -2.41. The quantitative estimate of drug-likeness (QED) is 0.634. The average Bonchev–Trinajstić information content (AvgIpc) is 2.60. The number of hydrogen-bond acceptors (Lipinski definition) is 8. The first-order valence-electron chi connectivity index (χ1n) is 8.15. The van der Waals surface area contributed by atoms with Gasteiger partial charge in [-0.1, -0.05) is 24.6 Å². The Balaban J connectivity index is 2.04. The molecule has 1 aromatic carbocycles. The monoisotopic (exact) mass is 372 g/mol. The number of thiocarbonyl (C=S) groups is 1. The maximum Gasteiger partial charge on any atom is 0.358 e. The maximum atomic E-state index is 10.3. The molecule has 0 amide bonds. The van der Waals surface area contributed by atoms with Crippen molar-refractivity contribution in [1.29, 1.82) is 0 Å². The van der Waals surface area contributed by atoms with Crippen LogP contribution in [0.2, 0.25) is 0 Å². The molecule has 140 valence electrons. The van der Waals surface area contributed by atoms with Crippen molar-refractivity contribution < 1.29 is 34.3 Å². The third kappa shape index (κ3) is 5.34. The molecular formula is C17H24O7S. The van der Waals surface area contributed by atoms with Crippen LogP contribution in [-0.2, 0) is 14.2 Å². The van der Waals surface area contributed by atoms with E-state index in [4.69, 9.17) is 31.2 Å². The van der Waals surface area contributed by atoms with E-state index in [1.54, 1.807) is 12.1 Å². The predicted molar refractivity (Wildman–Crippen MR) is 93.3 cm³/mol. The van der Waals surface area contributed by atoms with Crippen LogP contribution >= 0.6 is 12.2 Å². The predicted octanol–water partition coefficient (Wildman–Crippen LogP) is 0.910. The molecule has 0 aromatic heterocycles. The Morgan fingerprint density at radius 2 is 1.88 bits per heavy atom. The van der Waals surface area contributed by atoms with Crippen LogP contribution in [0, 0.1) is 6.92 Å². The molecule has 1 heterocycles. The molecule has 25 heavy (non-hydrogen) atoms. The fraction of sp³-hybridized carbons (Fsp3) is 0.588. The van der Waals surface area contributed by atoms with Crippen molar-refractivity contribution in [3.8, 4) is 5.75 Å². The van der Waals surface area contributed by atoms with Gasteiger partial charge in [0.15, 0.2) is 12.4 Å². The summed E-state index contributed by atoms with van der Waals surface area (Å²) in [6.45, 7) is 3.76. The minimum atomic E-state index is -1.35. The van der Waals surface area contributed by atoms with E-state index in [1.165, 1.54) is 0 Å². The van der Waals surface area contributed by atoms with Crippen molar-refractivity contribution in [3.63, 3.8) is 0 Å². The number of ether oxygens (including phenoxy) is 4. The van der Waals surface area contributed by atoms with Crippen molar-refractivity contribution in [2.24, 2.45) is 0 Å². The molecule has 1 aliphatic heterocycles. The molecule has 7 nitrogen and oxygen atoms in total. The van der Waals surface area contributed by atoms with Crippen LogP contribution in [-0.4, -0.2) is 64.5 Å². The van der Waals surface area contributed by atoms with Crippen LogP contribution < -0.4 is 4.74 Å². The van der Waals surface area contributed by atoms with Gasteiger partial charge in [0.1, 0.15) is 24.1 Å². The zero-order valence-corrected chi connectivity index (χ0v) is 15.0. The Hall–Kier alpha value is -1.29. The topological polar surface area (TPSA) is 97.6 Å². The lowest BCUT2D eigenvalue weighted by atomic mass is 9.99. The first kappa shape index (κ1) is 20.0. The molecule has 0 unspecified atom stereocenters. The van der Waals surface area contributed by atoms with E-state index in [1.807, 2.05) is 26.0 Å². The number of benzene rings is 1. The van der Waals surface area contributed by atoms with E-state index in [-0.39, 0.29) is 5.24 Å². The highest BCUT2D eigenvalue weighted by Gasteiger charge is 2.47. The Bertz CT molecular complexity index is 550. The summed E-state index contributed by atoms with van der Waals surface area (Å²) in [5, 5.41) is 29.4. The standard InChI is InChI=1S/C17H24O7S/c1-3-8-21-16-15(14(20)13(19)12(9-18)23-16)24-17(25)22-11-6-4-10(2)5-7-11/h4-7,12-16,18-20H,3,8-9H2,1-2H3/t12-,13-,14+,15-,16+/m1/s1. The summed E-state index contributed by atoms with van der Waals surface area (Å²) in [6, 6.07) is 7.19. The maximum absolute atomic E-state index is 10.3. The van der Waals surface area contributed by atoms with Gasteiger partial charge in [0.2, 0.25) is 0 Å². The summed E-state index contributed by atoms with van der Waals surface area (Å²) in [7, 11) is 0. The fourth-order valence-electron chi connectivity index (χ4n) is 2.39. The number of aryl methyl sites for hydroxylation is 1. The molecule has 2 rings (SSSR count). The minimum Gasteiger partial charge on any atom is -0.445 e. The molecule has 1 fully saturated rings. The van der Waals surface area contributed by atoms with Gasteiger partial charge in [-0.2, -0.15) is 0 Å². The summed E-state index contributed by atoms with van der Waals surface area (Å²) in [6.07, 6.45) is -5.01. The van der Waals surface area contributed by atoms with Gasteiger partial charge in [0.25, 0.3) is 0 Å². The zero-order chi connectivity index (χ0) is 18.4. The fourth-order valence-corrected chi connectivity index (χ4v) is 2.59. The lowest BCUT2D eigenvalue weighted by Crippen LogP contribution is -2.60. The number of rotatable bonds is 6. The van der Waals surface area contributed by atoms with Gasteiger partial charge in [-0.3, -0.25) is 0 Å². The highest BCUT2D eigenvalue weighted by atomic mass is 32.1. The molecule has 8 heteroatoms. The van der Waals surface area contributed by atoms with Gasteiger partial charge in [0, 0.05) is 18.8 Å². The SMILES string of the molecule is CCCO[C@H]1O[C@H](CO)[C@@H](O)[C@H](O)[C@H]1OC(=S)Oc1ccc(C)cc1. The highest BCUT2D eigenvalue weighted by Crippen LogP contribution is 2.25. The van der Waals surface area contributed by atoms with Crippen LogP contribution in [0.1, 0.15) is 18.9 Å². The summed E-state index contributed by atoms with van der Waals surface area (Å²) < 4.78 is 21.9. The van der Waals surface area contributed by atoms with Crippen LogP contribution in [0.4, 0.5) is 0 Å². The van der Waals surface area contributed by atoms with Gasteiger partial charge in [-0.15, -0.1) is 0 Å².